The van der Waals surface area contributed by atoms with Gasteiger partial charge in [0.25, 0.3) is 0 Å². The van der Waals surface area contributed by atoms with Gasteiger partial charge in [0.1, 0.15) is 0 Å². The van der Waals surface area contributed by atoms with Gasteiger partial charge in [-0.3, -0.25) is 9.59 Å². The molecule has 0 saturated heterocycles. The Morgan fingerprint density at radius 2 is 0.676 bits per heavy atom. The molecule has 71 heavy (non-hydrogen) atoms. The molecule has 0 aliphatic carbocycles. The molecular weight excluding hydrogens is 875 g/mol. The van der Waals surface area contributed by atoms with Crippen LogP contribution in [0.2, 0.25) is 0 Å². The van der Waals surface area contributed by atoms with Crippen LogP contribution in [-0.4, -0.2) is 47.4 Å². The molecule has 0 aliphatic rings. The van der Waals surface area contributed by atoms with E-state index in [0.717, 1.165) is 44.9 Å². The number of ether oxygens (including phenoxy) is 1. The van der Waals surface area contributed by atoms with E-state index in [1.807, 2.05) is 0 Å². The fourth-order valence-corrected chi connectivity index (χ4v) is 10.0. The van der Waals surface area contributed by atoms with Gasteiger partial charge in [0, 0.05) is 12.8 Å². The van der Waals surface area contributed by atoms with Crippen LogP contribution in [0.1, 0.15) is 354 Å². The number of carbonyl (C=O) groups excluding carboxylic acids is 2. The van der Waals surface area contributed by atoms with Crippen molar-refractivity contribution in [2.75, 3.05) is 13.2 Å². The van der Waals surface area contributed by atoms with Gasteiger partial charge in [0.05, 0.1) is 25.4 Å². The highest BCUT2D eigenvalue weighted by atomic mass is 16.5. The van der Waals surface area contributed by atoms with Crippen LogP contribution in [0.4, 0.5) is 0 Å². The molecule has 0 aromatic rings. The minimum atomic E-state index is -0.662. The molecule has 0 aromatic carbocycles. The topological polar surface area (TPSA) is 95.9 Å². The lowest BCUT2D eigenvalue weighted by molar-refractivity contribution is -0.143. The van der Waals surface area contributed by atoms with Crippen molar-refractivity contribution in [3.63, 3.8) is 0 Å². The maximum atomic E-state index is 12.5. The minimum absolute atomic E-state index is 0.00616. The van der Waals surface area contributed by atoms with E-state index >= 15 is 0 Å². The third-order valence-electron chi connectivity index (χ3n) is 15.0. The van der Waals surface area contributed by atoms with Crippen molar-refractivity contribution in [1.29, 1.82) is 0 Å². The van der Waals surface area contributed by atoms with Crippen molar-refractivity contribution in [2.45, 2.75) is 366 Å². The Balaban J connectivity index is 3.36. The van der Waals surface area contributed by atoms with Crippen LogP contribution in [0.5, 0.6) is 0 Å². The Morgan fingerprint density at radius 1 is 0.380 bits per heavy atom. The smallest absolute Gasteiger partial charge is 0.305 e. The predicted molar refractivity (Wildman–Crippen MR) is 310 cm³/mol. The Hall–Kier alpha value is -1.66. The van der Waals surface area contributed by atoms with E-state index in [2.05, 4.69) is 43.5 Å². The van der Waals surface area contributed by atoms with Crippen LogP contribution in [0, 0.1) is 0 Å². The number of rotatable bonds is 60. The lowest BCUT2D eigenvalue weighted by Gasteiger charge is -2.22. The Labute approximate surface area is 443 Å². The summed E-state index contributed by atoms with van der Waals surface area (Å²) in [5, 5.41) is 23.3. The van der Waals surface area contributed by atoms with Gasteiger partial charge in [0.2, 0.25) is 5.91 Å². The maximum absolute atomic E-state index is 12.5. The lowest BCUT2D eigenvalue weighted by atomic mass is 10.0. The average Bonchev–Trinajstić information content (AvgIpc) is 3.37. The average molecular weight is 1000 g/mol. The quantitative estimate of drug-likeness (QED) is 0.0320. The molecule has 6 heteroatoms. The molecule has 0 saturated carbocycles. The summed E-state index contributed by atoms with van der Waals surface area (Å²) in [6.45, 7) is 4.93. The van der Waals surface area contributed by atoms with Gasteiger partial charge in [-0.05, 0) is 70.6 Å². The zero-order chi connectivity index (χ0) is 51.4. The van der Waals surface area contributed by atoms with Gasteiger partial charge in [-0.2, -0.15) is 0 Å². The monoisotopic (exact) mass is 1000 g/mol. The molecule has 2 unspecified atom stereocenters. The van der Waals surface area contributed by atoms with Crippen LogP contribution in [-0.2, 0) is 14.3 Å². The third kappa shape index (κ3) is 57.5. The van der Waals surface area contributed by atoms with Crippen molar-refractivity contribution in [3.05, 3.63) is 24.3 Å². The highest BCUT2D eigenvalue weighted by Gasteiger charge is 2.20. The van der Waals surface area contributed by atoms with Gasteiger partial charge in [-0.25, -0.2) is 0 Å². The number of esters is 1. The number of unbranched alkanes of at least 4 members (excludes halogenated alkanes) is 45. The second-order valence-corrected chi connectivity index (χ2v) is 22.1. The van der Waals surface area contributed by atoms with E-state index in [1.54, 1.807) is 0 Å². The number of aliphatic hydroxyl groups excluding tert-OH is 2. The molecule has 0 aliphatic heterocycles. The molecule has 6 nitrogen and oxygen atoms in total. The molecule has 0 radical (unpaired) electrons. The van der Waals surface area contributed by atoms with Gasteiger partial charge in [-0.15, -0.1) is 0 Å². The van der Waals surface area contributed by atoms with Crippen LogP contribution in [0.25, 0.3) is 0 Å². The van der Waals surface area contributed by atoms with Crippen molar-refractivity contribution in [1.82, 2.24) is 5.32 Å². The third-order valence-corrected chi connectivity index (χ3v) is 15.0. The summed E-state index contributed by atoms with van der Waals surface area (Å²) in [6, 6.07) is -0.539. The number of hydrogen-bond donors (Lipinski definition) is 3. The van der Waals surface area contributed by atoms with Crippen LogP contribution < -0.4 is 5.32 Å². The molecule has 0 bridgehead atoms. The van der Waals surface area contributed by atoms with Crippen LogP contribution in [0.15, 0.2) is 24.3 Å². The second kappa shape index (κ2) is 60.9. The number of carbonyl (C=O) groups is 2. The molecule has 3 N–H and O–H groups in total. The zero-order valence-corrected chi connectivity index (χ0v) is 48.0. The molecule has 420 valence electrons. The van der Waals surface area contributed by atoms with E-state index in [-0.39, 0.29) is 18.5 Å². The SMILES string of the molecule is CCCC/C=C\CCCCCCCC(=O)OCCCCCCCCCCCCCC/C=C\CCCCCCCCCCCCCCCCC(=O)NC(CO)C(O)CCCCCCCCCCCCCCC. The fourth-order valence-electron chi connectivity index (χ4n) is 10.0. The van der Waals surface area contributed by atoms with E-state index in [0.29, 0.717) is 25.9 Å². The van der Waals surface area contributed by atoms with Gasteiger partial charge in [0.15, 0.2) is 0 Å². The van der Waals surface area contributed by atoms with Crippen molar-refractivity contribution >= 4 is 11.9 Å². The van der Waals surface area contributed by atoms with Gasteiger partial charge in [-0.1, -0.05) is 295 Å². The van der Waals surface area contributed by atoms with Crippen molar-refractivity contribution < 1.29 is 24.5 Å². The largest absolute Gasteiger partial charge is 0.466 e. The minimum Gasteiger partial charge on any atom is -0.466 e. The standard InChI is InChI=1S/C65H125NO5/c1-3-5-7-9-11-13-15-34-38-41-45-49-53-57-63(68)62(61-67)66-64(69)58-54-50-46-42-39-35-32-30-28-26-24-22-20-18-16-17-19-21-23-25-27-29-31-33-36-40-44-48-52-56-60-71-65(70)59-55-51-47-43-37-14-12-10-8-6-4-2/h10,12,17,19,62-63,67-68H,3-9,11,13-16,18,20-61H2,1-2H3,(H,66,69)/b12-10-,19-17-. The highest BCUT2D eigenvalue weighted by molar-refractivity contribution is 5.76. The molecule has 0 heterocycles. The van der Waals surface area contributed by atoms with Crippen LogP contribution >= 0.6 is 0 Å². The normalized spacial score (nSPS) is 12.7. The number of hydrogen-bond acceptors (Lipinski definition) is 5. The van der Waals surface area contributed by atoms with Gasteiger partial charge < -0.3 is 20.3 Å². The Bertz CT molecular complexity index is 1110. The molecular formula is C65H125NO5. The number of aliphatic hydroxyl groups is 2. The first-order chi connectivity index (χ1) is 35.0. The molecule has 0 fully saturated rings. The summed E-state index contributed by atoms with van der Waals surface area (Å²) in [4.78, 5) is 24.5. The van der Waals surface area contributed by atoms with Gasteiger partial charge >= 0.3 is 5.97 Å². The summed E-state index contributed by atoms with van der Waals surface area (Å²) in [6.07, 6.45) is 74.9. The summed E-state index contributed by atoms with van der Waals surface area (Å²) >= 11 is 0. The Morgan fingerprint density at radius 3 is 1.04 bits per heavy atom. The number of allylic oxidation sites excluding steroid dienone is 4. The Kier molecular flexibility index (Phi) is 59.5. The van der Waals surface area contributed by atoms with E-state index < -0.39 is 12.1 Å². The van der Waals surface area contributed by atoms with E-state index in [9.17, 15) is 19.8 Å². The predicted octanol–water partition coefficient (Wildman–Crippen LogP) is 20.2. The summed E-state index contributed by atoms with van der Waals surface area (Å²) in [5.74, 6) is -0.0259. The molecule has 0 rings (SSSR count). The summed E-state index contributed by atoms with van der Waals surface area (Å²) in [7, 11) is 0. The molecule has 0 aromatic heterocycles. The first-order valence-corrected chi connectivity index (χ1v) is 32.1. The zero-order valence-electron chi connectivity index (χ0n) is 48.0. The molecule has 1 amide bonds. The maximum Gasteiger partial charge on any atom is 0.305 e. The second-order valence-electron chi connectivity index (χ2n) is 22.1. The van der Waals surface area contributed by atoms with E-state index in [1.165, 1.54) is 276 Å². The molecule has 2 atom stereocenters. The van der Waals surface area contributed by atoms with Crippen molar-refractivity contribution in [3.8, 4) is 0 Å². The van der Waals surface area contributed by atoms with E-state index in [4.69, 9.17) is 4.74 Å². The van der Waals surface area contributed by atoms with Crippen molar-refractivity contribution in [2.24, 2.45) is 0 Å². The van der Waals surface area contributed by atoms with Crippen LogP contribution in [0.3, 0.4) is 0 Å². The number of nitrogens with one attached hydrogen (secondary N) is 1. The fraction of sp³-hybridized carbons (Fsp3) is 0.908. The summed E-state index contributed by atoms with van der Waals surface area (Å²) < 4.78 is 5.46. The lowest BCUT2D eigenvalue weighted by Crippen LogP contribution is -2.45. The highest BCUT2D eigenvalue weighted by Crippen LogP contribution is 2.18. The first-order valence-electron chi connectivity index (χ1n) is 32.1. The first kappa shape index (κ1) is 69.3. The summed E-state index contributed by atoms with van der Waals surface area (Å²) in [5.41, 5.74) is 0. The number of amides is 1. The molecule has 0 spiro atoms.